The summed E-state index contributed by atoms with van der Waals surface area (Å²) in [5.41, 5.74) is 0.534. The SMILES string of the molecule is COc1ccc(NC(=O)[C@@H]2[C@H](C(=O)O)[C@H]3C=C[C@H]2C3)cc1Cl. The van der Waals surface area contributed by atoms with Gasteiger partial charge in [0.15, 0.2) is 0 Å². The number of hydrogen-bond donors (Lipinski definition) is 2. The maximum absolute atomic E-state index is 12.5. The second-order valence-corrected chi connectivity index (χ2v) is 6.08. The van der Waals surface area contributed by atoms with Crippen LogP contribution in [0.2, 0.25) is 5.02 Å². The molecule has 0 aromatic heterocycles. The molecule has 0 spiro atoms. The minimum Gasteiger partial charge on any atom is -0.495 e. The number of carbonyl (C=O) groups excluding carboxylic acids is 1. The zero-order valence-corrected chi connectivity index (χ0v) is 12.7. The third kappa shape index (κ3) is 2.46. The van der Waals surface area contributed by atoms with Crippen molar-refractivity contribution < 1.29 is 19.4 Å². The predicted octanol–water partition coefficient (Wildman–Crippen LogP) is 2.81. The minimum absolute atomic E-state index is 0.000166. The summed E-state index contributed by atoms with van der Waals surface area (Å²) in [5, 5.41) is 12.5. The van der Waals surface area contributed by atoms with E-state index in [1.807, 2.05) is 12.2 Å². The number of benzene rings is 1. The van der Waals surface area contributed by atoms with Gasteiger partial charge in [-0.3, -0.25) is 9.59 Å². The van der Waals surface area contributed by atoms with E-state index in [1.54, 1.807) is 18.2 Å². The number of fused-ring (bicyclic) bond motifs is 2. The zero-order valence-electron chi connectivity index (χ0n) is 12.0. The average molecular weight is 322 g/mol. The molecule has 0 saturated heterocycles. The molecule has 0 heterocycles. The number of anilines is 1. The van der Waals surface area contributed by atoms with Crippen molar-refractivity contribution in [1.29, 1.82) is 0 Å². The predicted molar refractivity (Wildman–Crippen MR) is 82.0 cm³/mol. The first-order valence-electron chi connectivity index (χ1n) is 7.07. The van der Waals surface area contributed by atoms with Crippen molar-refractivity contribution in [2.75, 3.05) is 12.4 Å². The fraction of sp³-hybridized carbons (Fsp3) is 0.375. The molecule has 0 aliphatic heterocycles. The van der Waals surface area contributed by atoms with Gasteiger partial charge in [-0.1, -0.05) is 23.8 Å². The zero-order chi connectivity index (χ0) is 15.9. The average Bonchev–Trinajstić information content (AvgIpc) is 3.07. The summed E-state index contributed by atoms with van der Waals surface area (Å²) in [4.78, 5) is 23.9. The Labute approximate surface area is 132 Å². The number of methoxy groups -OCH3 is 1. The van der Waals surface area contributed by atoms with Gasteiger partial charge in [-0.2, -0.15) is 0 Å². The Morgan fingerprint density at radius 3 is 2.55 bits per heavy atom. The lowest BCUT2D eigenvalue weighted by Crippen LogP contribution is -2.36. The number of carbonyl (C=O) groups is 2. The molecule has 5 nitrogen and oxygen atoms in total. The summed E-state index contributed by atoms with van der Waals surface area (Å²) in [6, 6.07) is 4.94. The number of aliphatic carboxylic acids is 1. The Morgan fingerprint density at radius 1 is 1.27 bits per heavy atom. The number of rotatable bonds is 4. The molecule has 116 valence electrons. The molecule has 6 heteroatoms. The van der Waals surface area contributed by atoms with Gasteiger partial charge in [0.25, 0.3) is 0 Å². The van der Waals surface area contributed by atoms with Crippen LogP contribution in [0.5, 0.6) is 5.75 Å². The van der Waals surface area contributed by atoms with E-state index in [0.29, 0.717) is 16.5 Å². The third-order valence-electron chi connectivity index (χ3n) is 4.47. The van der Waals surface area contributed by atoms with Crippen molar-refractivity contribution in [3.05, 3.63) is 35.4 Å². The maximum atomic E-state index is 12.5. The van der Waals surface area contributed by atoms with Gasteiger partial charge in [0.2, 0.25) is 5.91 Å². The molecule has 1 aromatic carbocycles. The summed E-state index contributed by atoms with van der Waals surface area (Å²) >= 11 is 6.03. The molecule has 1 fully saturated rings. The fourth-order valence-corrected chi connectivity index (χ4v) is 3.74. The highest BCUT2D eigenvalue weighted by Gasteiger charge is 2.51. The Hall–Kier alpha value is -2.01. The van der Waals surface area contributed by atoms with Crippen LogP contribution in [0.3, 0.4) is 0 Å². The van der Waals surface area contributed by atoms with Crippen LogP contribution in [-0.2, 0) is 9.59 Å². The van der Waals surface area contributed by atoms with Crippen molar-refractivity contribution in [2.24, 2.45) is 23.7 Å². The lowest BCUT2D eigenvalue weighted by molar-refractivity contribution is -0.146. The first-order valence-corrected chi connectivity index (χ1v) is 7.44. The van der Waals surface area contributed by atoms with Crippen LogP contribution in [0.15, 0.2) is 30.4 Å². The number of hydrogen-bond acceptors (Lipinski definition) is 3. The van der Waals surface area contributed by atoms with E-state index in [4.69, 9.17) is 16.3 Å². The van der Waals surface area contributed by atoms with Crippen molar-refractivity contribution >= 4 is 29.2 Å². The van der Waals surface area contributed by atoms with Gasteiger partial charge in [-0.05, 0) is 36.5 Å². The highest BCUT2D eigenvalue weighted by Crippen LogP contribution is 2.48. The molecule has 0 radical (unpaired) electrons. The van der Waals surface area contributed by atoms with E-state index in [1.165, 1.54) is 7.11 Å². The van der Waals surface area contributed by atoms with Crippen LogP contribution in [0, 0.1) is 23.7 Å². The van der Waals surface area contributed by atoms with Crippen LogP contribution >= 0.6 is 11.6 Å². The number of ether oxygens (including phenoxy) is 1. The van der Waals surface area contributed by atoms with E-state index in [9.17, 15) is 14.7 Å². The van der Waals surface area contributed by atoms with Gasteiger partial charge in [-0.15, -0.1) is 0 Å². The molecule has 0 unspecified atom stereocenters. The normalized spacial score (nSPS) is 28.6. The first kappa shape index (κ1) is 14.9. The van der Waals surface area contributed by atoms with Gasteiger partial charge in [-0.25, -0.2) is 0 Å². The number of carboxylic acids is 1. The summed E-state index contributed by atoms with van der Waals surface area (Å²) in [7, 11) is 1.51. The fourth-order valence-electron chi connectivity index (χ4n) is 3.49. The van der Waals surface area contributed by atoms with Crippen LogP contribution in [0.1, 0.15) is 6.42 Å². The Morgan fingerprint density at radius 2 is 1.95 bits per heavy atom. The topological polar surface area (TPSA) is 75.6 Å². The number of amides is 1. The van der Waals surface area contributed by atoms with E-state index in [2.05, 4.69) is 5.32 Å². The first-order chi connectivity index (χ1) is 10.5. The van der Waals surface area contributed by atoms with Crippen molar-refractivity contribution in [3.63, 3.8) is 0 Å². The molecule has 2 bridgehead atoms. The smallest absolute Gasteiger partial charge is 0.307 e. The largest absolute Gasteiger partial charge is 0.495 e. The van der Waals surface area contributed by atoms with Crippen molar-refractivity contribution in [3.8, 4) is 5.75 Å². The third-order valence-corrected chi connectivity index (χ3v) is 4.76. The van der Waals surface area contributed by atoms with Gasteiger partial charge < -0.3 is 15.2 Å². The molecule has 22 heavy (non-hydrogen) atoms. The monoisotopic (exact) mass is 321 g/mol. The van der Waals surface area contributed by atoms with Gasteiger partial charge in [0.05, 0.1) is 24.0 Å². The Kier molecular flexibility index (Phi) is 3.83. The highest BCUT2D eigenvalue weighted by atomic mass is 35.5. The molecule has 3 rings (SSSR count). The number of allylic oxidation sites excluding steroid dienone is 2. The summed E-state index contributed by atoms with van der Waals surface area (Å²) in [6.07, 6.45) is 4.60. The molecular formula is C16H16ClNO4. The molecule has 4 atom stereocenters. The molecule has 1 amide bonds. The minimum atomic E-state index is -0.912. The van der Waals surface area contributed by atoms with Gasteiger partial charge >= 0.3 is 5.97 Å². The number of nitrogens with one attached hydrogen (secondary N) is 1. The Balaban J connectivity index is 1.78. The van der Waals surface area contributed by atoms with Gasteiger partial charge in [0.1, 0.15) is 5.75 Å². The second-order valence-electron chi connectivity index (χ2n) is 5.68. The van der Waals surface area contributed by atoms with Crippen LogP contribution < -0.4 is 10.1 Å². The van der Waals surface area contributed by atoms with Crippen molar-refractivity contribution in [2.45, 2.75) is 6.42 Å². The molecular weight excluding hydrogens is 306 g/mol. The van der Waals surface area contributed by atoms with Crippen LogP contribution in [0.4, 0.5) is 5.69 Å². The number of halogens is 1. The lowest BCUT2D eigenvalue weighted by Gasteiger charge is -2.24. The molecule has 2 N–H and O–H groups in total. The molecule has 1 saturated carbocycles. The lowest BCUT2D eigenvalue weighted by atomic mass is 9.82. The summed E-state index contributed by atoms with van der Waals surface area (Å²) in [5.74, 6) is -1.89. The highest BCUT2D eigenvalue weighted by molar-refractivity contribution is 6.32. The van der Waals surface area contributed by atoms with E-state index < -0.39 is 17.8 Å². The van der Waals surface area contributed by atoms with Crippen LogP contribution in [0.25, 0.3) is 0 Å². The van der Waals surface area contributed by atoms with E-state index in [-0.39, 0.29) is 17.7 Å². The molecule has 1 aromatic rings. The standard InChI is InChI=1S/C16H16ClNO4/c1-22-12-5-4-10(7-11(12)17)18-15(19)13-8-2-3-9(6-8)14(13)16(20)21/h2-5,7-9,13-14H,6H2,1H3,(H,18,19)(H,20,21)/t8-,9-,13-,14+/m0/s1. The Bertz CT molecular complexity index is 658. The maximum Gasteiger partial charge on any atom is 0.307 e. The number of carboxylic acid groups (broad SMARTS) is 1. The van der Waals surface area contributed by atoms with E-state index in [0.717, 1.165) is 6.42 Å². The molecule has 2 aliphatic carbocycles. The quantitative estimate of drug-likeness (QED) is 0.836. The molecule has 2 aliphatic rings. The van der Waals surface area contributed by atoms with Gasteiger partial charge in [0, 0.05) is 5.69 Å². The summed E-state index contributed by atoms with van der Waals surface area (Å²) in [6.45, 7) is 0. The summed E-state index contributed by atoms with van der Waals surface area (Å²) < 4.78 is 5.06. The van der Waals surface area contributed by atoms with Crippen LogP contribution in [-0.4, -0.2) is 24.1 Å². The van der Waals surface area contributed by atoms with E-state index >= 15 is 0 Å². The van der Waals surface area contributed by atoms with Crippen molar-refractivity contribution in [1.82, 2.24) is 0 Å². The second kappa shape index (κ2) is 5.65.